The molecule has 1 aromatic carbocycles. The Morgan fingerprint density at radius 1 is 1.29 bits per heavy atom. The molecule has 2 aromatic rings. The van der Waals surface area contributed by atoms with Crippen LogP contribution in [0.15, 0.2) is 24.4 Å². The first-order valence-electron chi connectivity index (χ1n) is 8.90. The Labute approximate surface area is 144 Å². The Hall–Kier alpha value is -1.65. The molecule has 2 N–H and O–H groups in total. The number of fused-ring (bicyclic) bond motifs is 1. The van der Waals surface area contributed by atoms with E-state index in [-0.39, 0.29) is 12.0 Å². The van der Waals surface area contributed by atoms with E-state index in [1.54, 1.807) is 0 Å². The van der Waals surface area contributed by atoms with Gasteiger partial charge in [-0.05, 0) is 56.4 Å². The van der Waals surface area contributed by atoms with Crippen LogP contribution in [0.2, 0.25) is 0 Å². The Balaban J connectivity index is 1.85. The smallest absolute Gasteiger partial charge is 0.0651 e. The summed E-state index contributed by atoms with van der Waals surface area (Å²) in [5.41, 5.74) is 6.30. The Bertz CT molecular complexity index is 718. The maximum atomic E-state index is 9.46. The number of aliphatic hydroxyl groups excluding tert-OH is 1. The van der Waals surface area contributed by atoms with Crippen LogP contribution in [0.1, 0.15) is 55.1 Å². The molecule has 0 saturated heterocycles. The van der Waals surface area contributed by atoms with E-state index in [9.17, 15) is 5.11 Å². The van der Waals surface area contributed by atoms with E-state index in [1.807, 2.05) is 6.20 Å². The molecular formula is C20H29N3O. The van der Waals surface area contributed by atoms with E-state index in [4.69, 9.17) is 0 Å². The summed E-state index contributed by atoms with van der Waals surface area (Å²) in [6.45, 7) is 9.46. The van der Waals surface area contributed by atoms with Gasteiger partial charge in [0.05, 0.1) is 11.9 Å². The Morgan fingerprint density at radius 2 is 2.08 bits per heavy atom. The number of nitrogens with zero attached hydrogens (tertiary/aromatic N) is 2. The maximum absolute atomic E-state index is 9.46. The molecule has 0 bridgehead atoms. The van der Waals surface area contributed by atoms with Gasteiger partial charge in [-0.1, -0.05) is 19.9 Å². The molecule has 4 nitrogen and oxygen atoms in total. The molecule has 0 fully saturated rings. The zero-order valence-corrected chi connectivity index (χ0v) is 15.3. The summed E-state index contributed by atoms with van der Waals surface area (Å²) in [5.74, 6) is 0. The van der Waals surface area contributed by atoms with Gasteiger partial charge >= 0.3 is 0 Å². The summed E-state index contributed by atoms with van der Waals surface area (Å²) < 4.78 is 2.10. The van der Waals surface area contributed by atoms with Crippen molar-refractivity contribution in [1.82, 2.24) is 15.1 Å². The lowest BCUT2D eigenvalue weighted by molar-refractivity contribution is 0.152. The van der Waals surface area contributed by atoms with E-state index in [0.717, 1.165) is 25.1 Å². The lowest BCUT2D eigenvalue weighted by atomic mass is 9.90. The fraction of sp³-hybridized carbons (Fsp3) is 0.550. The number of aliphatic hydroxyl groups is 1. The SMILES string of the molecule is Cc1ccc(-n2ncc3c2CCCC3NCC(C)(C)CO)cc1C. The summed E-state index contributed by atoms with van der Waals surface area (Å²) in [7, 11) is 0. The molecule has 1 unspecified atom stereocenters. The van der Waals surface area contributed by atoms with Crippen LogP contribution in [0.4, 0.5) is 0 Å². The quantitative estimate of drug-likeness (QED) is 0.884. The number of hydrogen-bond donors (Lipinski definition) is 2. The largest absolute Gasteiger partial charge is 0.396 e. The second-order valence-electron chi connectivity index (χ2n) is 7.88. The number of nitrogens with one attached hydrogen (secondary N) is 1. The third-order valence-electron chi connectivity index (χ3n) is 5.17. The standard InChI is InChI=1S/C20H29N3O/c1-14-8-9-16(10-15(14)2)23-19-7-5-6-18(17(19)11-22-23)21-12-20(3,4)13-24/h8-11,18,21,24H,5-7,12-13H2,1-4H3. The van der Waals surface area contributed by atoms with Gasteiger partial charge in [0.1, 0.15) is 0 Å². The zero-order chi connectivity index (χ0) is 17.3. The molecule has 1 aliphatic carbocycles. The Morgan fingerprint density at radius 3 is 2.79 bits per heavy atom. The van der Waals surface area contributed by atoms with Crippen LogP contribution in [-0.4, -0.2) is 28.0 Å². The highest BCUT2D eigenvalue weighted by molar-refractivity contribution is 5.42. The van der Waals surface area contributed by atoms with Crippen LogP contribution in [0, 0.1) is 19.3 Å². The molecule has 4 heteroatoms. The molecule has 0 amide bonds. The van der Waals surface area contributed by atoms with Crippen LogP contribution in [-0.2, 0) is 6.42 Å². The molecule has 0 aliphatic heterocycles. The van der Waals surface area contributed by atoms with Crippen molar-refractivity contribution in [3.05, 3.63) is 46.8 Å². The van der Waals surface area contributed by atoms with Gasteiger partial charge in [-0.25, -0.2) is 4.68 Å². The van der Waals surface area contributed by atoms with Gasteiger partial charge in [-0.2, -0.15) is 5.10 Å². The van der Waals surface area contributed by atoms with Crippen molar-refractivity contribution in [2.24, 2.45) is 5.41 Å². The zero-order valence-electron chi connectivity index (χ0n) is 15.3. The topological polar surface area (TPSA) is 50.1 Å². The lowest BCUT2D eigenvalue weighted by Gasteiger charge is -2.29. The highest BCUT2D eigenvalue weighted by Crippen LogP contribution is 2.32. The first-order chi connectivity index (χ1) is 11.4. The third-order valence-corrected chi connectivity index (χ3v) is 5.17. The van der Waals surface area contributed by atoms with Gasteiger partial charge in [0.2, 0.25) is 0 Å². The van der Waals surface area contributed by atoms with E-state index in [0.29, 0.717) is 6.04 Å². The second kappa shape index (κ2) is 6.69. The van der Waals surface area contributed by atoms with Crippen molar-refractivity contribution in [3.8, 4) is 5.69 Å². The molecule has 3 rings (SSSR count). The molecule has 1 aliphatic rings. The number of benzene rings is 1. The fourth-order valence-corrected chi connectivity index (χ4v) is 3.30. The number of aryl methyl sites for hydroxylation is 2. The molecule has 1 atom stereocenters. The van der Waals surface area contributed by atoms with Crippen molar-refractivity contribution < 1.29 is 5.11 Å². The minimum atomic E-state index is -0.0956. The minimum absolute atomic E-state index is 0.0956. The summed E-state index contributed by atoms with van der Waals surface area (Å²) in [5, 5.41) is 17.8. The van der Waals surface area contributed by atoms with Crippen molar-refractivity contribution in [2.75, 3.05) is 13.2 Å². The number of aromatic nitrogens is 2. The molecule has 0 radical (unpaired) electrons. The molecule has 130 valence electrons. The Kier molecular flexibility index (Phi) is 4.79. The summed E-state index contributed by atoms with van der Waals surface area (Å²) in [4.78, 5) is 0. The highest BCUT2D eigenvalue weighted by Gasteiger charge is 2.26. The van der Waals surface area contributed by atoms with Crippen LogP contribution in [0.25, 0.3) is 5.69 Å². The molecule has 0 spiro atoms. The van der Waals surface area contributed by atoms with E-state index >= 15 is 0 Å². The van der Waals surface area contributed by atoms with Crippen LogP contribution < -0.4 is 5.32 Å². The summed E-state index contributed by atoms with van der Waals surface area (Å²) >= 11 is 0. The predicted molar refractivity (Wildman–Crippen MR) is 97.6 cm³/mol. The summed E-state index contributed by atoms with van der Waals surface area (Å²) in [6.07, 6.45) is 5.39. The van der Waals surface area contributed by atoms with Crippen molar-refractivity contribution in [2.45, 2.75) is 53.0 Å². The molecular weight excluding hydrogens is 298 g/mol. The molecule has 0 saturated carbocycles. The predicted octanol–water partition coefficient (Wildman–Crippen LogP) is 3.47. The van der Waals surface area contributed by atoms with E-state index in [1.165, 1.54) is 28.8 Å². The van der Waals surface area contributed by atoms with Gasteiger partial charge < -0.3 is 10.4 Å². The van der Waals surface area contributed by atoms with E-state index < -0.39 is 0 Å². The number of rotatable bonds is 5. The average molecular weight is 327 g/mol. The normalized spacial score (nSPS) is 17.8. The first kappa shape index (κ1) is 17.2. The molecule has 24 heavy (non-hydrogen) atoms. The monoisotopic (exact) mass is 327 g/mol. The van der Waals surface area contributed by atoms with Gasteiger partial charge in [0.15, 0.2) is 0 Å². The second-order valence-corrected chi connectivity index (χ2v) is 7.88. The van der Waals surface area contributed by atoms with Gasteiger partial charge in [0, 0.05) is 35.9 Å². The van der Waals surface area contributed by atoms with E-state index in [2.05, 4.69) is 61.0 Å². The fourth-order valence-electron chi connectivity index (χ4n) is 3.30. The van der Waals surface area contributed by atoms with Crippen molar-refractivity contribution >= 4 is 0 Å². The van der Waals surface area contributed by atoms with Crippen LogP contribution in [0.3, 0.4) is 0 Å². The van der Waals surface area contributed by atoms with Crippen LogP contribution >= 0.6 is 0 Å². The highest BCUT2D eigenvalue weighted by atomic mass is 16.3. The van der Waals surface area contributed by atoms with Gasteiger partial charge in [-0.15, -0.1) is 0 Å². The van der Waals surface area contributed by atoms with Gasteiger partial charge in [-0.3, -0.25) is 0 Å². The summed E-state index contributed by atoms with van der Waals surface area (Å²) in [6, 6.07) is 6.87. The average Bonchev–Trinajstić information content (AvgIpc) is 3.00. The van der Waals surface area contributed by atoms with Crippen molar-refractivity contribution in [1.29, 1.82) is 0 Å². The number of hydrogen-bond acceptors (Lipinski definition) is 3. The first-order valence-corrected chi connectivity index (χ1v) is 8.90. The lowest BCUT2D eigenvalue weighted by Crippen LogP contribution is -2.35. The third kappa shape index (κ3) is 3.40. The minimum Gasteiger partial charge on any atom is -0.396 e. The van der Waals surface area contributed by atoms with Gasteiger partial charge in [0.25, 0.3) is 0 Å². The maximum Gasteiger partial charge on any atom is 0.0651 e. The van der Waals surface area contributed by atoms with Crippen molar-refractivity contribution in [3.63, 3.8) is 0 Å². The molecule has 1 aromatic heterocycles. The van der Waals surface area contributed by atoms with Crippen LogP contribution in [0.5, 0.6) is 0 Å². The molecule has 1 heterocycles.